The summed E-state index contributed by atoms with van der Waals surface area (Å²) in [6, 6.07) is 0.605. The molecular weight excluding hydrogens is 276 g/mol. The smallest absolute Gasteiger partial charge is 0.0944 e. The zero-order chi connectivity index (χ0) is 15.0. The third-order valence-corrected chi connectivity index (χ3v) is 6.49. The summed E-state index contributed by atoms with van der Waals surface area (Å²) >= 11 is 1.84. The highest BCUT2D eigenvalue weighted by Crippen LogP contribution is 2.50. The molecule has 2 nitrogen and oxygen atoms in total. The molecule has 1 aromatic heterocycles. The van der Waals surface area contributed by atoms with E-state index in [9.17, 15) is 0 Å². The van der Waals surface area contributed by atoms with Crippen LogP contribution in [0.5, 0.6) is 0 Å². The lowest BCUT2D eigenvalue weighted by Crippen LogP contribution is -2.31. The van der Waals surface area contributed by atoms with Crippen LogP contribution >= 0.6 is 11.3 Å². The second kappa shape index (κ2) is 6.00. The molecule has 2 saturated carbocycles. The third kappa shape index (κ3) is 3.50. The molecule has 118 valence electrons. The number of hydrogen-bond donors (Lipinski definition) is 1. The molecule has 1 heterocycles. The zero-order valence-corrected chi connectivity index (χ0v) is 14.8. The van der Waals surface area contributed by atoms with E-state index in [1.54, 1.807) is 0 Å². The van der Waals surface area contributed by atoms with Crippen molar-refractivity contribution in [2.75, 3.05) is 7.05 Å². The molecule has 2 bridgehead atoms. The monoisotopic (exact) mass is 306 g/mol. The SMILES string of the molecule is CNC(Cc1nc(C(C)(C)C)cs1)CC1CC2CCC1C2. The van der Waals surface area contributed by atoms with Crippen LogP contribution in [0.3, 0.4) is 0 Å². The van der Waals surface area contributed by atoms with E-state index in [-0.39, 0.29) is 5.41 Å². The Hall–Kier alpha value is -0.410. The lowest BCUT2D eigenvalue weighted by atomic mass is 9.83. The average Bonchev–Trinajstić information content (AvgIpc) is 3.12. The van der Waals surface area contributed by atoms with Gasteiger partial charge in [-0.05, 0) is 50.5 Å². The average molecular weight is 307 g/mol. The van der Waals surface area contributed by atoms with Crippen molar-refractivity contribution in [2.24, 2.45) is 17.8 Å². The Morgan fingerprint density at radius 3 is 2.67 bits per heavy atom. The quantitative estimate of drug-likeness (QED) is 0.872. The lowest BCUT2D eigenvalue weighted by molar-refractivity contribution is 0.281. The van der Waals surface area contributed by atoms with E-state index in [0.29, 0.717) is 6.04 Å². The molecule has 1 N–H and O–H groups in total. The fourth-order valence-corrected chi connectivity index (χ4v) is 5.40. The summed E-state index contributed by atoms with van der Waals surface area (Å²) in [5.74, 6) is 3.07. The summed E-state index contributed by atoms with van der Waals surface area (Å²) in [5.41, 5.74) is 1.42. The first-order valence-corrected chi connectivity index (χ1v) is 9.46. The standard InChI is InChI=1S/C18H30N2S/c1-18(2,3)16-11-21-17(20-16)10-15(19-4)9-14-8-12-5-6-13(14)7-12/h11-15,19H,5-10H2,1-4H3. The summed E-state index contributed by atoms with van der Waals surface area (Å²) in [4.78, 5) is 4.87. The molecule has 3 rings (SSSR count). The number of rotatable bonds is 5. The molecule has 0 amide bonds. The van der Waals surface area contributed by atoms with E-state index in [0.717, 1.165) is 24.2 Å². The van der Waals surface area contributed by atoms with Gasteiger partial charge in [0.05, 0.1) is 10.7 Å². The number of fused-ring (bicyclic) bond motifs is 2. The van der Waals surface area contributed by atoms with Gasteiger partial charge in [0, 0.05) is 23.3 Å². The van der Waals surface area contributed by atoms with E-state index >= 15 is 0 Å². The largest absolute Gasteiger partial charge is 0.317 e. The van der Waals surface area contributed by atoms with E-state index in [2.05, 4.69) is 38.5 Å². The van der Waals surface area contributed by atoms with Crippen molar-refractivity contribution in [1.82, 2.24) is 10.3 Å². The molecule has 2 fully saturated rings. The molecule has 0 radical (unpaired) electrons. The fourth-order valence-electron chi connectivity index (χ4n) is 4.29. The van der Waals surface area contributed by atoms with Crippen LogP contribution in [0, 0.1) is 17.8 Å². The Morgan fingerprint density at radius 2 is 2.14 bits per heavy atom. The molecule has 2 aliphatic carbocycles. The van der Waals surface area contributed by atoms with Gasteiger partial charge in [-0.2, -0.15) is 0 Å². The molecule has 4 unspecified atom stereocenters. The Bertz CT molecular complexity index is 474. The van der Waals surface area contributed by atoms with E-state index in [1.807, 2.05) is 11.3 Å². The van der Waals surface area contributed by atoms with Crippen LogP contribution in [-0.4, -0.2) is 18.1 Å². The molecule has 3 heteroatoms. The third-order valence-electron chi connectivity index (χ3n) is 5.62. The highest BCUT2D eigenvalue weighted by Gasteiger charge is 2.40. The Kier molecular flexibility index (Phi) is 4.42. The van der Waals surface area contributed by atoms with Gasteiger partial charge in [0.1, 0.15) is 0 Å². The number of likely N-dealkylation sites (N-methyl/N-ethyl adjacent to an activating group) is 1. The summed E-state index contributed by atoms with van der Waals surface area (Å²) in [6.45, 7) is 6.74. The maximum Gasteiger partial charge on any atom is 0.0944 e. The van der Waals surface area contributed by atoms with Crippen LogP contribution in [0.4, 0.5) is 0 Å². The van der Waals surface area contributed by atoms with Gasteiger partial charge >= 0.3 is 0 Å². The minimum Gasteiger partial charge on any atom is -0.317 e. The van der Waals surface area contributed by atoms with Gasteiger partial charge in [-0.3, -0.25) is 0 Å². The van der Waals surface area contributed by atoms with Gasteiger partial charge in [0.2, 0.25) is 0 Å². The van der Waals surface area contributed by atoms with Gasteiger partial charge in [-0.25, -0.2) is 4.98 Å². The minimum atomic E-state index is 0.175. The first-order valence-electron chi connectivity index (χ1n) is 8.58. The van der Waals surface area contributed by atoms with Gasteiger partial charge in [0.25, 0.3) is 0 Å². The molecule has 0 aromatic carbocycles. The van der Waals surface area contributed by atoms with Crippen LogP contribution in [-0.2, 0) is 11.8 Å². The minimum absolute atomic E-state index is 0.175. The molecule has 4 atom stereocenters. The fraction of sp³-hybridized carbons (Fsp3) is 0.833. The van der Waals surface area contributed by atoms with E-state index < -0.39 is 0 Å². The van der Waals surface area contributed by atoms with E-state index in [4.69, 9.17) is 4.98 Å². The van der Waals surface area contributed by atoms with Crippen LogP contribution in [0.1, 0.15) is 63.6 Å². The molecular formula is C18H30N2S. The summed E-state index contributed by atoms with van der Waals surface area (Å²) < 4.78 is 0. The maximum absolute atomic E-state index is 4.87. The zero-order valence-electron chi connectivity index (χ0n) is 14.0. The summed E-state index contributed by atoms with van der Waals surface area (Å²) in [7, 11) is 2.12. The molecule has 0 spiro atoms. The molecule has 1 aromatic rings. The van der Waals surface area contributed by atoms with Crippen molar-refractivity contribution < 1.29 is 0 Å². The number of nitrogens with one attached hydrogen (secondary N) is 1. The predicted octanol–water partition coefficient (Wildman–Crippen LogP) is 4.40. The van der Waals surface area contributed by atoms with Gasteiger partial charge in [0.15, 0.2) is 0 Å². The van der Waals surface area contributed by atoms with Crippen molar-refractivity contribution in [2.45, 2.75) is 70.8 Å². The Labute approximate surface area is 133 Å². The van der Waals surface area contributed by atoms with Crippen molar-refractivity contribution in [3.8, 4) is 0 Å². The summed E-state index contributed by atoms with van der Waals surface area (Å²) in [5, 5.41) is 7.11. The second-order valence-corrected chi connectivity index (χ2v) is 9.18. The number of nitrogens with zero attached hydrogens (tertiary/aromatic N) is 1. The lowest BCUT2D eigenvalue weighted by Gasteiger charge is -2.26. The van der Waals surface area contributed by atoms with Crippen LogP contribution in [0.15, 0.2) is 5.38 Å². The second-order valence-electron chi connectivity index (χ2n) is 8.24. The topological polar surface area (TPSA) is 24.9 Å². The van der Waals surface area contributed by atoms with Gasteiger partial charge in [-0.1, -0.05) is 27.2 Å². The van der Waals surface area contributed by atoms with Gasteiger partial charge in [-0.15, -0.1) is 11.3 Å². The summed E-state index contributed by atoms with van der Waals surface area (Å²) in [6.07, 6.45) is 8.47. The van der Waals surface area contributed by atoms with E-state index in [1.165, 1.54) is 42.8 Å². The first-order chi connectivity index (χ1) is 9.95. The van der Waals surface area contributed by atoms with Crippen molar-refractivity contribution >= 4 is 11.3 Å². The highest BCUT2D eigenvalue weighted by molar-refractivity contribution is 7.09. The normalized spacial score (nSPS) is 30.0. The molecule has 0 saturated heterocycles. The Morgan fingerprint density at radius 1 is 1.33 bits per heavy atom. The van der Waals surface area contributed by atoms with Crippen LogP contribution in [0.2, 0.25) is 0 Å². The molecule has 2 aliphatic rings. The Balaban J connectivity index is 1.58. The maximum atomic E-state index is 4.87. The molecule has 21 heavy (non-hydrogen) atoms. The van der Waals surface area contributed by atoms with Crippen LogP contribution in [0.25, 0.3) is 0 Å². The number of thiazole rings is 1. The van der Waals surface area contributed by atoms with Gasteiger partial charge < -0.3 is 5.32 Å². The van der Waals surface area contributed by atoms with Crippen molar-refractivity contribution in [1.29, 1.82) is 0 Å². The van der Waals surface area contributed by atoms with Crippen molar-refractivity contribution in [3.05, 3.63) is 16.1 Å². The first kappa shape index (κ1) is 15.5. The number of hydrogen-bond acceptors (Lipinski definition) is 3. The van der Waals surface area contributed by atoms with Crippen molar-refractivity contribution in [3.63, 3.8) is 0 Å². The number of aromatic nitrogens is 1. The highest BCUT2D eigenvalue weighted by atomic mass is 32.1. The molecule has 0 aliphatic heterocycles. The predicted molar refractivity (Wildman–Crippen MR) is 90.9 cm³/mol. The van der Waals surface area contributed by atoms with Crippen LogP contribution < -0.4 is 5.32 Å².